The second-order valence-corrected chi connectivity index (χ2v) is 6.88. The molecule has 1 N–H and O–H groups in total. The highest BCUT2D eigenvalue weighted by Gasteiger charge is 2.31. The summed E-state index contributed by atoms with van der Waals surface area (Å²) in [6.07, 6.45) is 4.77. The van der Waals surface area contributed by atoms with Crippen LogP contribution in [0.4, 0.5) is 0 Å². The molecule has 118 valence electrons. The van der Waals surface area contributed by atoms with Crippen LogP contribution in [0.5, 0.6) is 0 Å². The van der Waals surface area contributed by atoms with Gasteiger partial charge in [-0.2, -0.15) is 0 Å². The van der Waals surface area contributed by atoms with E-state index < -0.39 is 0 Å². The first kappa shape index (κ1) is 16.5. The topological polar surface area (TPSA) is 23.5 Å². The molecule has 1 aliphatic rings. The van der Waals surface area contributed by atoms with Gasteiger partial charge in [-0.1, -0.05) is 50.5 Å². The summed E-state index contributed by atoms with van der Waals surface area (Å²) < 4.78 is 0. The average Bonchev–Trinajstić information content (AvgIpc) is 2.48. The van der Waals surface area contributed by atoms with Crippen molar-refractivity contribution in [2.75, 3.05) is 19.6 Å². The number of likely N-dealkylation sites (tertiary alicyclic amines) is 1. The monoisotopic (exact) mass is 289 g/mol. The zero-order valence-electron chi connectivity index (χ0n) is 14.2. The predicted octanol–water partition coefficient (Wildman–Crippen LogP) is 4.24. The number of hydrogen-bond acceptors (Lipinski definition) is 2. The van der Waals surface area contributed by atoms with Crippen LogP contribution in [0.3, 0.4) is 0 Å². The molecule has 0 aliphatic carbocycles. The Morgan fingerprint density at radius 3 is 2.29 bits per heavy atom. The van der Waals surface area contributed by atoms with E-state index in [9.17, 15) is 5.11 Å². The summed E-state index contributed by atoms with van der Waals surface area (Å²) in [6.45, 7) is 11.9. The number of aliphatic hydroxyl groups is 1. The molecule has 2 nitrogen and oxygen atoms in total. The largest absolute Gasteiger partial charge is 0.387 e. The fourth-order valence-electron chi connectivity index (χ4n) is 3.71. The molecule has 0 aromatic heterocycles. The Labute approximate surface area is 130 Å². The molecule has 1 heterocycles. The Hall–Kier alpha value is -0.860. The smallest absolute Gasteiger partial charge is 0.0919 e. The maximum absolute atomic E-state index is 10.5. The first-order valence-electron chi connectivity index (χ1n) is 8.47. The highest BCUT2D eigenvalue weighted by molar-refractivity contribution is 5.32. The van der Waals surface area contributed by atoms with Crippen molar-refractivity contribution in [3.05, 3.63) is 34.9 Å². The standard InChI is InChI=1S/C19H31NO/c1-5-19(6-2)9-11-20(12-10-19)14-18(21)17-8-7-15(3)13-16(17)4/h7-8,13,18,21H,5-6,9-12,14H2,1-4H3. The van der Waals surface area contributed by atoms with Crippen LogP contribution in [0.25, 0.3) is 0 Å². The fraction of sp³-hybridized carbons (Fsp3) is 0.684. The molecule has 1 aromatic rings. The van der Waals surface area contributed by atoms with Gasteiger partial charge in [0, 0.05) is 6.54 Å². The molecule has 0 amide bonds. The molecule has 1 aliphatic heterocycles. The second kappa shape index (κ2) is 6.93. The highest BCUT2D eigenvalue weighted by Crippen LogP contribution is 2.38. The Morgan fingerprint density at radius 1 is 1.14 bits per heavy atom. The van der Waals surface area contributed by atoms with Crippen LogP contribution in [0.1, 0.15) is 62.3 Å². The third-order valence-electron chi connectivity index (χ3n) is 5.63. The number of benzene rings is 1. The SMILES string of the molecule is CCC1(CC)CCN(CC(O)c2ccc(C)cc2C)CC1. The van der Waals surface area contributed by atoms with Crippen LogP contribution in [0.2, 0.25) is 0 Å². The summed E-state index contributed by atoms with van der Waals surface area (Å²) in [5.41, 5.74) is 4.11. The summed E-state index contributed by atoms with van der Waals surface area (Å²) >= 11 is 0. The van der Waals surface area contributed by atoms with Crippen molar-refractivity contribution in [1.82, 2.24) is 4.90 Å². The van der Waals surface area contributed by atoms with Gasteiger partial charge in [-0.3, -0.25) is 0 Å². The van der Waals surface area contributed by atoms with Crippen molar-refractivity contribution >= 4 is 0 Å². The van der Waals surface area contributed by atoms with Crippen LogP contribution in [-0.4, -0.2) is 29.6 Å². The number of nitrogens with zero attached hydrogens (tertiary/aromatic N) is 1. The van der Waals surface area contributed by atoms with Crippen LogP contribution < -0.4 is 0 Å². The molecule has 0 spiro atoms. The third-order valence-corrected chi connectivity index (χ3v) is 5.63. The van der Waals surface area contributed by atoms with Crippen molar-refractivity contribution in [3.8, 4) is 0 Å². The molecule has 2 heteroatoms. The fourth-order valence-corrected chi connectivity index (χ4v) is 3.71. The summed E-state index contributed by atoms with van der Waals surface area (Å²) in [5, 5.41) is 10.5. The lowest BCUT2D eigenvalue weighted by atomic mass is 9.74. The minimum atomic E-state index is -0.360. The maximum atomic E-state index is 10.5. The van der Waals surface area contributed by atoms with E-state index in [2.05, 4.69) is 50.8 Å². The van der Waals surface area contributed by atoms with E-state index in [1.807, 2.05) is 0 Å². The Balaban J connectivity index is 1.94. The van der Waals surface area contributed by atoms with Crippen molar-refractivity contribution in [3.63, 3.8) is 0 Å². The quantitative estimate of drug-likeness (QED) is 0.876. The van der Waals surface area contributed by atoms with E-state index in [0.29, 0.717) is 5.41 Å². The minimum Gasteiger partial charge on any atom is -0.387 e. The van der Waals surface area contributed by atoms with Crippen molar-refractivity contribution in [2.45, 2.75) is 59.5 Å². The van der Waals surface area contributed by atoms with Crippen molar-refractivity contribution in [2.24, 2.45) is 5.41 Å². The van der Waals surface area contributed by atoms with Gasteiger partial charge in [-0.15, -0.1) is 0 Å². The molecule has 2 rings (SSSR count). The first-order chi connectivity index (χ1) is 9.99. The molecule has 21 heavy (non-hydrogen) atoms. The minimum absolute atomic E-state index is 0.360. The number of aryl methyl sites for hydroxylation is 2. The van der Waals surface area contributed by atoms with Gasteiger partial charge < -0.3 is 10.0 Å². The van der Waals surface area contributed by atoms with Gasteiger partial charge in [-0.25, -0.2) is 0 Å². The van der Waals surface area contributed by atoms with E-state index in [4.69, 9.17) is 0 Å². The van der Waals surface area contributed by atoms with Gasteiger partial charge in [-0.05, 0) is 56.3 Å². The summed E-state index contributed by atoms with van der Waals surface area (Å²) in [5.74, 6) is 0. The normalized spacial score (nSPS) is 20.4. The van der Waals surface area contributed by atoms with Gasteiger partial charge >= 0.3 is 0 Å². The van der Waals surface area contributed by atoms with Crippen LogP contribution >= 0.6 is 0 Å². The van der Waals surface area contributed by atoms with Gasteiger partial charge in [0.15, 0.2) is 0 Å². The second-order valence-electron chi connectivity index (χ2n) is 6.88. The Kier molecular flexibility index (Phi) is 5.45. The average molecular weight is 289 g/mol. The molecule has 1 saturated heterocycles. The summed E-state index contributed by atoms with van der Waals surface area (Å²) in [7, 11) is 0. The number of aliphatic hydroxyl groups excluding tert-OH is 1. The lowest BCUT2D eigenvalue weighted by Crippen LogP contribution is -2.41. The van der Waals surface area contributed by atoms with E-state index >= 15 is 0 Å². The molecule has 1 unspecified atom stereocenters. The third kappa shape index (κ3) is 3.87. The Morgan fingerprint density at radius 2 is 1.76 bits per heavy atom. The van der Waals surface area contributed by atoms with Crippen LogP contribution in [0, 0.1) is 19.3 Å². The lowest BCUT2D eigenvalue weighted by Gasteiger charge is -2.41. The van der Waals surface area contributed by atoms with Gasteiger partial charge in [0.25, 0.3) is 0 Å². The number of β-amino-alcohol motifs (C(OH)–C–C–N with tert-alkyl or cyclic N) is 1. The van der Waals surface area contributed by atoms with Crippen molar-refractivity contribution in [1.29, 1.82) is 0 Å². The summed E-state index contributed by atoms with van der Waals surface area (Å²) in [4.78, 5) is 2.44. The molecule has 0 saturated carbocycles. The van der Waals surface area contributed by atoms with E-state index in [1.165, 1.54) is 36.8 Å². The number of hydrogen-bond donors (Lipinski definition) is 1. The number of piperidine rings is 1. The zero-order valence-corrected chi connectivity index (χ0v) is 14.2. The van der Waals surface area contributed by atoms with Gasteiger partial charge in [0.05, 0.1) is 6.10 Å². The predicted molar refractivity (Wildman–Crippen MR) is 89.6 cm³/mol. The molecule has 1 fully saturated rings. The van der Waals surface area contributed by atoms with Crippen LogP contribution in [0.15, 0.2) is 18.2 Å². The zero-order chi connectivity index (χ0) is 15.5. The first-order valence-corrected chi connectivity index (χ1v) is 8.47. The summed E-state index contributed by atoms with van der Waals surface area (Å²) in [6, 6.07) is 6.34. The van der Waals surface area contributed by atoms with E-state index in [1.54, 1.807) is 0 Å². The molecule has 0 radical (unpaired) electrons. The van der Waals surface area contributed by atoms with Gasteiger partial charge in [0.2, 0.25) is 0 Å². The van der Waals surface area contributed by atoms with Crippen LogP contribution in [-0.2, 0) is 0 Å². The van der Waals surface area contributed by atoms with E-state index in [0.717, 1.165) is 25.2 Å². The lowest BCUT2D eigenvalue weighted by molar-refractivity contribution is 0.0530. The molecule has 0 bridgehead atoms. The highest BCUT2D eigenvalue weighted by atomic mass is 16.3. The molecule has 1 aromatic carbocycles. The number of rotatable bonds is 5. The van der Waals surface area contributed by atoms with E-state index in [-0.39, 0.29) is 6.10 Å². The molecular weight excluding hydrogens is 258 g/mol. The Bertz CT molecular complexity index is 455. The van der Waals surface area contributed by atoms with Crippen molar-refractivity contribution < 1.29 is 5.11 Å². The molecule has 1 atom stereocenters. The maximum Gasteiger partial charge on any atom is 0.0919 e. The molecular formula is C19H31NO. The van der Waals surface area contributed by atoms with Gasteiger partial charge in [0.1, 0.15) is 0 Å².